The highest BCUT2D eigenvalue weighted by atomic mass is 35.5. The van der Waals surface area contributed by atoms with Gasteiger partial charge in [-0.2, -0.15) is 0 Å². The minimum absolute atomic E-state index is 0.369. The fourth-order valence-corrected chi connectivity index (χ4v) is 2.43. The number of nitrogens with zero attached hydrogens (tertiary/aromatic N) is 1. The Bertz CT molecular complexity index is 324. The van der Waals surface area contributed by atoms with Crippen LogP contribution in [0.4, 0.5) is 0 Å². The van der Waals surface area contributed by atoms with Crippen molar-refractivity contribution in [2.24, 2.45) is 0 Å². The van der Waals surface area contributed by atoms with Crippen molar-refractivity contribution in [2.45, 2.75) is 64.8 Å². The number of aromatic nitrogens is 1. The molecule has 0 bridgehead atoms. The fraction of sp³-hybridized carbons (Fsp3) is 0.688. The van der Waals surface area contributed by atoms with Crippen LogP contribution in [0.2, 0.25) is 5.02 Å². The molecule has 2 nitrogen and oxygen atoms in total. The topological polar surface area (TPSA) is 24.9 Å². The van der Waals surface area contributed by atoms with E-state index in [0.29, 0.717) is 11.1 Å². The van der Waals surface area contributed by atoms with Gasteiger partial charge >= 0.3 is 0 Å². The minimum atomic E-state index is 0.369. The van der Waals surface area contributed by atoms with Gasteiger partial charge in [-0.15, -0.1) is 0 Å². The van der Waals surface area contributed by atoms with Gasteiger partial charge in [0.05, 0.1) is 10.7 Å². The molecule has 0 amide bonds. The van der Waals surface area contributed by atoms with Crippen molar-refractivity contribution in [3.8, 4) is 0 Å². The predicted molar refractivity (Wildman–Crippen MR) is 83.7 cm³/mol. The molecule has 0 fully saturated rings. The van der Waals surface area contributed by atoms with E-state index < -0.39 is 0 Å². The standard InChI is InChI=1S/C16H27ClN2/c1-3-5-6-7-8-9-10-15(18-4-2)16-12-11-14(17)13-19-16/h11-13,15,18H,3-10H2,1-2H3. The zero-order valence-electron chi connectivity index (χ0n) is 12.3. The lowest BCUT2D eigenvalue weighted by Crippen LogP contribution is -2.21. The first-order chi connectivity index (χ1) is 9.27. The van der Waals surface area contributed by atoms with Crippen LogP contribution in [0, 0.1) is 0 Å². The summed E-state index contributed by atoms with van der Waals surface area (Å²) >= 11 is 5.89. The molecule has 0 saturated carbocycles. The van der Waals surface area contributed by atoms with Gasteiger partial charge < -0.3 is 5.32 Å². The quantitative estimate of drug-likeness (QED) is 0.601. The van der Waals surface area contributed by atoms with Gasteiger partial charge in [0.25, 0.3) is 0 Å². The van der Waals surface area contributed by atoms with Gasteiger partial charge in [-0.3, -0.25) is 4.98 Å². The van der Waals surface area contributed by atoms with Crippen molar-refractivity contribution in [3.63, 3.8) is 0 Å². The highest BCUT2D eigenvalue weighted by Gasteiger charge is 2.10. The molecule has 0 aliphatic carbocycles. The Kier molecular flexibility index (Phi) is 8.85. The monoisotopic (exact) mass is 282 g/mol. The van der Waals surface area contributed by atoms with Crippen LogP contribution in [0.5, 0.6) is 0 Å². The molecule has 3 heteroatoms. The van der Waals surface area contributed by atoms with Crippen LogP contribution in [0.1, 0.15) is 70.5 Å². The Hall–Kier alpha value is -0.600. The van der Waals surface area contributed by atoms with E-state index in [4.69, 9.17) is 11.6 Å². The van der Waals surface area contributed by atoms with Gasteiger partial charge in [0, 0.05) is 12.2 Å². The summed E-state index contributed by atoms with van der Waals surface area (Å²) in [5, 5.41) is 4.22. The molecule has 108 valence electrons. The zero-order valence-corrected chi connectivity index (χ0v) is 13.0. The smallest absolute Gasteiger partial charge is 0.0589 e. The lowest BCUT2D eigenvalue weighted by Gasteiger charge is -2.17. The Morgan fingerprint density at radius 3 is 2.47 bits per heavy atom. The van der Waals surface area contributed by atoms with Crippen LogP contribution in [-0.2, 0) is 0 Å². The third-order valence-corrected chi connectivity index (χ3v) is 3.63. The molecule has 1 aromatic heterocycles. The first-order valence-corrected chi connectivity index (χ1v) is 8.00. The highest BCUT2D eigenvalue weighted by Crippen LogP contribution is 2.20. The van der Waals surface area contributed by atoms with Crippen molar-refractivity contribution in [1.82, 2.24) is 10.3 Å². The molecule has 0 radical (unpaired) electrons. The van der Waals surface area contributed by atoms with E-state index in [0.717, 1.165) is 18.7 Å². The largest absolute Gasteiger partial charge is 0.309 e. The SMILES string of the molecule is CCCCCCCCC(NCC)c1ccc(Cl)cn1. The van der Waals surface area contributed by atoms with E-state index in [1.807, 2.05) is 12.1 Å². The normalized spacial score (nSPS) is 12.6. The zero-order chi connectivity index (χ0) is 13.9. The average Bonchev–Trinajstić information content (AvgIpc) is 2.42. The van der Waals surface area contributed by atoms with Crippen LogP contribution in [0.15, 0.2) is 18.3 Å². The molecule has 1 aromatic rings. The number of unbranched alkanes of at least 4 members (excludes halogenated alkanes) is 5. The maximum atomic E-state index is 5.89. The van der Waals surface area contributed by atoms with Crippen molar-refractivity contribution < 1.29 is 0 Å². The van der Waals surface area contributed by atoms with Crippen molar-refractivity contribution in [2.75, 3.05) is 6.54 Å². The molecule has 1 N–H and O–H groups in total. The lowest BCUT2D eigenvalue weighted by molar-refractivity contribution is 0.468. The van der Waals surface area contributed by atoms with Crippen LogP contribution < -0.4 is 5.32 Å². The summed E-state index contributed by atoms with van der Waals surface area (Å²) in [4.78, 5) is 4.43. The van der Waals surface area contributed by atoms with E-state index in [2.05, 4.69) is 24.1 Å². The van der Waals surface area contributed by atoms with E-state index >= 15 is 0 Å². The Morgan fingerprint density at radius 2 is 1.84 bits per heavy atom. The first kappa shape index (κ1) is 16.5. The van der Waals surface area contributed by atoms with Gasteiger partial charge in [0.15, 0.2) is 0 Å². The summed E-state index contributed by atoms with van der Waals surface area (Å²) in [5.41, 5.74) is 1.11. The Balaban J connectivity index is 2.34. The van der Waals surface area contributed by atoms with Gasteiger partial charge in [-0.25, -0.2) is 0 Å². The van der Waals surface area contributed by atoms with E-state index in [-0.39, 0.29) is 0 Å². The van der Waals surface area contributed by atoms with Crippen LogP contribution >= 0.6 is 11.6 Å². The molecular weight excluding hydrogens is 256 g/mol. The van der Waals surface area contributed by atoms with Crippen LogP contribution in [0.3, 0.4) is 0 Å². The second kappa shape index (κ2) is 10.2. The molecule has 0 aromatic carbocycles. The van der Waals surface area contributed by atoms with Crippen LogP contribution in [-0.4, -0.2) is 11.5 Å². The maximum Gasteiger partial charge on any atom is 0.0589 e. The average molecular weight is 283 g/mol. The molecule has 1 rings (SSSR count). The summed E-state index contributed by atoms with van der Waals surface area (Å²) in [7, 11) is 0. The fourth-order valence-electron chi connectivity index (χ4n) is 2.32. The van der Waals surface area contributed by atoms with E-state index in [9.17, 15) is 0 Å². The molecule has 0 aliphatic rings. The summed E-state index contributed by atoms with van der Waals surface area (Å²) in [6.45, 7) is 5.38. The number of hydrogen-bond donors (Lipinski definition) is 1. The number of pyridine rings is 1. The van der Waals surface area contributed by atoms with Gasteiger partial charge in [-0.1, -0.05) is 64.0 Å². The predicted octanol–water partition coefficient (Wildman–Crippen LogP) is 5.14. The molecule has 0 saturated heterocycles. The number of hydrogen-bond acceptors (Lipinski definition) is 2. The highest BCUT2D eigenvalue weighted by molar-refractivity contribution is 6.30. The summed E-state index contributed by atoms with van der Waals surface area (Å²) < 4.78 is 0. The number of halogens is 1. The van der Waals surface area contributed by atoms with Crippen molar-refractivity contribution in [1.29, 1.82) is 0 Å². The minimum Gasteiger partial charge on any atom is -0.309 e. The molecule has 1 heterocycles. The van der Waals surface area contributed by atoms with Crippen LogP contribution in [0.25, 0.3) is 0 Å². The Labute approximate surface area is 123 Å². The molecule has 1 unspecified atom stereocenters. The summed E-state index contributed by atoms with van der Waals surface area (Å²) in [6, 6.07) is 4.33. The second-order valence-corrected chi connectivity index (χ2v) is 5.50. The Morgan fingerprint density at radius 1 is 1.11 bits per heavy atom. The molecule has 1 atom stereocenters. The van der Waals surface area contributed by atoms with Gasteiger partial charge in [0.2, 0.25) is 0 Å². The van der Waals surface area contributed by atoms with E-state index in [1.54, 1.807) is 6.20 Å². The molecule has 0 aliphatic heterocycles. The van der Waals surface area contributed by atoms with Crippen molar-refractivity contribution in [3.05, 3.63) is 29.0 Å². The summed E-state index contributed by atoms with van der Waals surface area (Å²) in [6.07, 6.45) is 10.9. The molecular formula is C16H27ClN2. The molecule has 19 heavy (non-hydrogen) atoms. The lowest BCUT2D eigenvalue weighted by atomic mass is 10.0. The maximum absolute atomic E-state index is 5.89. The third kappa shape index (κ3) is 6.93. The third-order valence-electron chi connectivity index (χ3n) is 3.40. The number of rotatable bonds is 10. The number of nitrogens with one attached hydrogen (secondary N) is 1. The van der Waals surface area contributed by atoms with Crippen molar-refractivity contribution >= 4 is 11.6 Å². The van der Waals surface area contributed by atoms with Gasteiger partial charge in [0.1, 0.15) is 0 Å². The first-order valence-electron chi connectivity index (χ1n) is 7.62. The van der Waals surface area contributed by atoms with E-state index in [1.165, 1.54) is 38.5 Å². The molecule has 0 spiro atoms. The van der Waals surface area contributed by atoms with Gasteiger partial charge in [-0.05, 0) is 25.1 Å². The second-order valence-electron chi connectivity index (χ2n) is 5.07. The summed E-state index contributed by atoms with van der Waals surface area (Å²) in [5.74, 6) is 0.